The van der Waals surface area contributed by atoms with E-state index in [1.54, 1.807) is 29.4 Å². The number of nitrogens with zero attached hydrogens (tertiary/aromatic N) is 2. The number of carbonyl (C=O) groups is 1. The molecule has 25 heavy (non-hydrogen) atoms. The molecular formula is C18H17BrN2O2S2. The molecule has 2 aromatic heterocycles. The average Bonchev–Trinajstić information content (AvgIpc) is 2.98. The summed E-state index contributed by atoms with van der Waals surface area (Å²) in [5, 5.41) is 10.8. The van der Waals surface area contributed by atoms with Gasteiger partial charge in [-0.2, -0.15) is 0 Å². The second kappa shape index (κ2) is 8.29. The van der Waals surface area contributed by atoms with Crippen molar-refractivity contribution in [1.82, 2.24) is 9.97 Å². The van der Waals surface area contributed by atoms with E-state index >= 15 is 0 Å². The fourth-order valence-electron chi connectivity index (χ4n) is 2.63. The monoisotopic (exact) mass is 436 g/mol. The molecule has 0 saturated carbocycles. The Morgan fingerprint density at radius 1 is 1.28 bits per heavy atom. The van der Waals surface area contributed by atoms with Crippen molar-refractivity contribution in [3.8, 4) is 11.1 Å². The van der Waals surface area contributed by atoms with Gasteiger partial charge in [0.1, 0.15) is 16.2 Å². The summed E-state index contributed by atoms with van der Waals surface area (Å²) in [4.78, 5) is 21.9. The van der Waals surface area contributed by atoms with Crippen LogP contribution in [0.25, 0.3) is 21.3 Å². The number of aliphatic carboxylic acids is 1. The van der Waals surface area contributed by atoms with Crippen LogP contribution in [0.15, 0.2) is 40.1 Å². The Morgan fingerprint density at radius 2 is 2.04 bits per heavy atom. The van der Waals surface area contributed by atoms with Gasteiger partial charge in [0.05, 0.1) is 5.39 Å². The van der Waals surface area contributed by atoms with Crippen LogP contribution in [0.1, 0.15) is 24.6 Å². The van der Waals surface area contributed by atoms with Crippen LogP contribution in [0, 0.1) is 0 Å². The number of carboxylic acids is 1. The van der Waals surface area contributed by atoms with Gasteiger partial charge in [0.2, 0.25) is 0 Å². The van der Waals surface area contributed by atoms with E-state index in [9.17, 15) is 4.79 Å². The normalized spacial score (nSPS) is 11.1. The lowest BCUT2D eigenvalue weighted by Gasteiger charge is -2.07. The van der Waals surface area contributed by atoms with Crippen LogP contribution < -0.4 is 0 Å². The van der Waals surface area contributed by atoms with E-state index in [4.69, 9.17) is 5.11 Å². The van der Waals surface area contributed by atoms with Crippen LogP contribution in [0.5, 0.6) is 0 Å². The molecule has 0 spiro atoms. The first kappa shape index (κ1) is 18.4. The number of rotatable bonds is 7. The van der Waals surface area contributed by atoms with E-state index in [-0.39, 0.29) is 6.42 Å². The summed E-state index contributed by atoms with van der Waals surface area (Å²) in [6.07, 6.45) is 3.35. The second-order valence-electron chi connectivity index (χ2n) is 5.47. The van der Waals surface area contributed by atoms with E-state index in [0.29, 0.717) is 6.42 Å². The summed E-state index contributed by atoms with van der Waals surface area (Å²) in [5.41, 5.74) is 2.37. The van der Waals surface area contributed by atoms with Gasteiger partial charge in [-0.1, -0.05) is 35.0 Å². The molecule has 3 rings (SSSR count). The molecule has 0 atom stereocenters. The first-order valence-electron chi connectivity index (χ1n) is 7.97. The highest BCUT2D eigenvalue weighted by Gasteiger charge is 2.18. The Kier molecular flexibility index (Phi) is 6.09. The Morgan fingerprint density at radius 3 is 2.72 bits per heavy atom. The lowest BCUT2D eigenvalue weighted by Crippen LogP contribution is -1.95. The molecule has 0 aliphatic heterocycles. The number of hydrogen-bond donors (Lipinski definition) is 1. The van der Waals surface area contributed by atoms with E-state index in [0.717, 1.165) is 37.5 Å². The van der Waals surface area contributed by atoms with Crippen molar-refractivity contribution in [1.29, 1.82) is 0 Å². The van der Waals surface area contributed by atoms with Crippen LogP contribution >= 0.6 is 39.0 Å². The van der Waals surface area contributed by atoms with Crippen molar-refractivity contribution in [2.24, 2.45) is 0 Å². The Hall–Kier alpha value is -1.44. The number of benzene rings is 1. The minimum absolute atomic E-state index is 0.185. The Labute approximate surface area is 162 Å². The first-order valence-corrected chi connectivity index (χ1v) is 10.6. The highest BCUT2D eigenvalue weighted by molar-refractivity contribution is 9.10. The number of aromatic nitrogens is 2. The smallest absolute Gasteiger partial charge is 0.303 e. The molecule has 0 saturated heterocycles. The number of thiophene rings is 1. The summed E-state index contributed by atoms with van der Waals surface area (Å²) in [5.74, 6) is -0.0250. The van der Waals surface area contributed by atoms with Gasteiger partial charge in [0, 0.05) is 27.1 Å². The fourth-order valence-corrected chi connectivity index (χ4v) is 5.00. The first-order chi connectivity index (χ1) is 12.1. The zero-order chi connectivity index (χ0) is 17.8. The SMILES string of the molecule is CCc1sc2ncnc(SCCCC(=O)O)c2c1-c1ccc(Br)cc1. The van der Waals surface area contributed by atoms with Crippen LogP contribution in [0.3, 0.4) is 0 Å². The summed E-state index contributed by atoms with van der Waals surface area (Å²) >= 11 is 6.81. The molecule has 1 N–H and O–H groups in total. The van der Waals surface area contributed by atoms with Gasteiger partial charge < -0.3 is 5.11 Å². The second-order valence-corrected chi connectivity index (χ2v) is 8.55. The number of hydrogen-bond acceptors (Lipinski definition) is 5. The van der Waals surface area contributed by atoms with E-state index in [1.807, 2.05) is 12.1 Å². The van der Waals surface area contributed by atoms with Crippen LogP contribution in [0.2, 0.25) is 0 Å². The highest BCUT2D eigenvalue weighted by atomic mass is 79.9. The molecule has 7 heteroatoms. The number of fused-ring (bicyclic) bond motifs is 1. The maximum Gasteiger partial charge on any atom is 0.303 e. The van der Waals surface area contributed by atoms with Gasteiger partial charge in [-0.3, -0.25) is 4.79 Å². The van der Waals surface area contributed by atoms with Gasteiger partial charge >= 0.3 is 5.97 Å². The minimum atomic E-state index is -0.757. The fraction of sp³-hybridized carbons (Fsp3) is 0.278. The predicted octanol–water partition coefficient (Wildman–Crippen LogP) is 5.64. The van der Waals surface area contributed by atoms with Crippen molar-refractivity contribution in [3.63, 3.8) is 0 Å². The van der Waals surface area contributed by atoms with Gasteiger partial charge in [0.25, 0.3) is 0 Å². The van der Waals surface area contributed by atoms with Crippen LogP contribution in [-0.4, -0.2) is 26.8 Å². The Bertz CT molecular complexity index is 894. The molecule has 130 valence electrons. The summed E-state index contributed by atoms with van der Waals surface area (Å²) in [6, 6.07) is 8.30. The number of thioether (sulfide) groups is 1. The third kappa shape index (κ3) is 4.22. The molecule has 1 aromatic carbocycles. The molecule has 0 unspecified atom stereocenters. The summed E-state index contributed by atoms with van der Waals surface area (Å²) < 4.78 is 1.05. The third-order valence-corrected chi connectivity index (χ3v) is 6.60. The topological polar surface area (TPSA) is 63.1 Å². The molecule has 0 fully saturated rings. The molecule has 0 aliphatic carbocycles. The van der Waals surface area contributed by atoms with Crippen LogP contribution in [0.4, 0.5) is 0 Å². The number of aryl methyl sites for hydroxylation is 1. The molecule has 4 nitrogen and oxygen atoms in total. The van der Waals surface area contributed by atoms with E-state index in [2.05, 4.69) is 45.0 Å². The van der Waals surface area contributed by atoms with E-state index < -0.39 is 5.97 Å². The number of carboxylic acid groups (broad SMARTS) is 1. The molecule has 0 radical (unpaired) electrons. The standard InChI is InChI=1S/C18H17BrN2O2S2/c1-2-13-15(11-5-7-12(19)8-6-11)16-17(20-10-21-18(16)25-13)24-9-3-4-14(22)23/h5-8,10H,2-4,9H2,1H3,(H,22,23). The molecular weight excluding hydrogens is 420 g/mol. The van der Waals surface area contributed by atoms with E-state index in [1.165, 1.54) is 10.4 Å². The van der Waals surface area contributed by atoms with Gasteiger partial charge in [-0.05, 0) is 30.5 Å². The largest absolute Gasteiger partial charge is 0.481 e. The highest BCUT2D eigenvalue weighted by Crippen LogP contribution is 2.42. The lowest BCUT2D eigenvalue weighted by atomic mass is 10.0. The average molecular weight is 437 g/mol. The molecule has 0 aliphatic rings. The van der Waals surface area contributed by atoms with Gasteiger partial charge in [-0.25, -0.2) is 9.97 Å². The van der Waals surface area contributed by atoms with Crippen molar-refractivity contribution in [2.75, 3.05) is 5.75 Å². The van der Waals surface area contributed by atoms with Gasteiger partial charge in [-0.15, -0.1) is 23.1 Å². The lowest BCUT2D eigenvalue weighted by molar-refractivity contribution is -0.137. The molecule has 0 bridgehead atoms. The zero-order valence-electron chi connectivity index (χ0n) is 13.7. The van der Waals surface area contributed by atoms with Crippen molar-refractivity contribution in [3.05, 3.63) is 39.9 Å². The quantitative estimate of drug-likeness (QED) is 0.294. The van der Waals surface area contributed by atoms with Gasteiger partial charge in [0.15, 0.2) is 0 Å². The van der Waals surface area contributed by atoms with Crippen molar-refractivity contribution in [2.45, 2.75) is 31.2 Å². The third-order valence-electron chi connectivity index (χ3n) is 3.75. The summed E-state index contributed by atoms with van der Waals surface area (Å²) in [7, 11) is 0. The molecule has 3 aromatic rings. The van der Waals surface area contributed by atoms with Crippen LogP contribution in [-0.2, 0) is 11.2 Å². The molecule has 0 amide bonds. The number of halogens is 1. The maximum absolute atomic E-state index is 10.7. The predicted molar refractivity (Wildman–Crippen MR) is 108 cm³/mol. The van der Waals surface area contributed by atoms with Crippen molar-refractivity contribution >= 4 is 55.2 Å². The summed E-state index contributed by atoms with van der Waals surface area (Å²) in [6.45, 7) is 2.15. The molecule has 2 heterocycles. The zero-order valence-corrected chi connectivity index (χ0v) is 16.9. The van der Waals surface area contributed by atoms with Crippen molar-refractivity contribution < 1.29 is 9.90 Å². The Balaban J connectivity index is 2.02. The minimum Gasteiger partial charge on any atom is -0.481 e. The maximum atomic E-state index is 10.7.